The molecule has 4 aromatic rings. The Hall–Kier alpha value is -3.66. The van der Waals surface area contributed by atoms with E-state index in [1.165, 1.54) is 13.2 Å². The Kier molecular flexibility index (Phi) is 5.14. The minimum absolute atomic E-state index is 0.111. The summed E-state index contributed by atoms with van der Waals surface area (Å²) in [4.78, 5) is 19.4. The second-order valence-electron chi connectivity index (χ2n) is 7.69. The number of hydrogen-bond acceptors (Lipinski definition) is 8. The quantitative estimate of drug-likeness (QED) is 0.510. The van der Waals surface area contributed by atoms with Gasteiger partial charge in [-0.1, -0.05) is 0 Å². The maximum Gasteiger partial charge on any atom is 0.218 e. The van der Waals surface area contributed by atoms with Crippen molar-refractivity contribution in [3.05, 3.63) is 59.9 Å². The molecule has 5 rings (SSSR count). The molecule has 0 amide bonds. The largest absolute Gasteiger partial charge is 0.481 e. The lowest BCUT2D eigenvalue weighted by Gasteiger charge is -2.26. The molecule has 5 heterocycles. The number of aliphatic hydroxyl groups is 1. The van der Waals surface area contributed by atoms with Gasteiger partial charge in [-0.05, 0) is 44.0 Å². The highest BCUT2D eigenvalue weighted by atomic mass is 19.1. The summed E-state index contributed by atoms with van der Waals surface area (Å²) in [5, 5.41) is 14.7. The van der Waals surface area contributed by atoms with E-state index in [0.29, 0.717) is 34.3 Å². The van der Waals surface area contributed by atoms with E-state index in [4.69, 9.17) is 9.84 Å². The van der Waals surface area contributed by atoms with Gasteiger partial charge in [-0.25, -0.2) is 28.8 Å². The average molecular weight is 435 g/mol. The van der Waals surface area contributed by atoms with Crippen LogP contribution in [0, 0.1) is 5.82 Å². The number of ether oxygens (including phenoxy) is 1. The highest BCUT2D eigenvalue weighted by Crippen LogP contribution is 2.38. The van der Waals surface area contributed by atoms with Gasteiger partial charge in [0.1, 0.15) is 17.3 Å². The number of imidazole rings is 1. The molecular weight excluding hydrogens is 413 g/mol. The van der Waals surface area contributed by atoms with E-state index in [1.54, 1.807) is 29.9 Å². The van der Waals surface area contributed by atoms with Gasteiger partial charge in [0.25, 0.3) is 0 Å². The summed E-state index contributed by atoms with van der Waals surface area (Å²) in [5.74, 6) is 1.16. The second kappa shape index (κ2) is 8.12. The number of halogens is 1. The van der Waals surface area contributed by atoms with Crippen LogP contribution in [0.25, 0.3) is 17.2 Å². The summed E-state index contributed by atoms with van der Waals surface area (Å²) in [6.45, 7) is 2.42. The molecule has 1 saturated heterocycles. The molecule has 0 aromatic carbocycles. The van der Waals surface area contributed by atoms with Crippen molar-refractivity contribution in [2.45, 2.75) is 31.9 Å². The third kappa shape index (κ3) is 3.52. The summed E-state index contributed by atoms with van der Waals surface area (Å²) in [7, 11) is 1.53. The SMILES string of the molecule is COc1ncc(F)cc1C1CCCN1c1ccc2ncc(-c3nccc([C@@H](C)O)n3)n2n1. The van der Waals surface area contributed by atoms with E-state index >= 15 is 0 Å². The van der Waals surface area contributed by atoms with Crippen LogP contribution in [0.1, 0.15) is 43.2 Å². The molecule has 0 aliphatic carbocycles. The lowest BCUT2D eigenvalue weighted by molar-refractivity contribution is 0.194. The first-order valence-electron chi connectivity index (χ1n) is 10.4. The Bertz CT molecular complexity index is 1280. The molecule has 2 atom stereocenters. The molecule has 1 aliphatic rings. The van der Waals surface area contributed by atoms with Crippen molar-refractivity contribution >= 4 is 11.5 Å². The smallest absolute Gasteiger partial charge is 0.218 e. The topological polar surface area (TPSA) is 102 Å². The Labute approximate surface area is 183 Å². The van der Waals surface area contributed by atoms with Gasteiger partial charge in [-0.15, -0.1) is 5.10 Å². The normalized spacial score (nSPS) is 17.1. The zero-order chi connectivity index (χ0) is 22.2. The lowest BCUT2D eigenvalue weighted by Crippen LogP contribution is -2.25. The van der Waals surface area contributed by atoms with Crippen molar-refractivity contribution < 1.29 is 14.2 Å². The number of rotatable bonds is 5. The molecule has 1 N–H and O–H groups in total. The molecule has 9 nitrogen and oxygen atoms in total. The van der Waals surface area contributed by atoms with Crippen LogP contribution >= 0.6 is 0 Å². The van der Waals surface area contributed by atoms with Crippen molar-refractivity contribution in [3.8, 4) is 17.4 Å². The molecule has 4 aromatic heterocycles. The van der Waals surface area contributed by atoms with E-state index in [-0.39, 0.29) is 6.04 Å². The minimum atomic E-state index is -0.709. The number of aliphatic hydroxyl groups excluding tert-OH is 1. The van der Waals surface area contributed by atoms with Crippen molar-refractivity contribution in [2.75, 3.05) is 18.6 Å². The van der Waals surface area contributed by atoms with E-state index < -0.39 is 11.9 Å². The number of anilines is 1. The number of methoxy groups -OCH3 is 1. The van der Waals surface area contributed by atoms with E-state index in [2.05, 4.69) is 24.8 Å². The summed E-state index contributed by atoms with van der Waals surface area (Å²) in [6, 6.07) is 6.81. The molecule has 32 heavy (non-hydrogen) atoms. The van der Waals surface area contributed by atoms with Gasteiger partial charge in [0.2, 0.25) is 5.88 Å². The number of nitrogens with zero attached hydrogens (tertiary/aromatic N) is 7. The Morgan fingerprint density at radius 3 is 2.88 bits per heavy atom. The zero-order valence-electron chi connectivity index (χ0n) is 17.7. The van der Waals surface area contributed by atoms with Crippen LogP contribution in [-0.4, -0.2) is 48.3 Å². The lowest BCUT2D eigenvalue weighted by atomic mass is 10.1. The highest BCUT2D eigenvalue weighted by Gasteiger charge is 2.31. The summed E-state index contributed by atoms with van der Waals surface area (Å²) >= 11 is 0. The molecular formula is C22H22FN7O2. The first kappa shape index (κ1) is 20.3. The van der Waals surface area contributed by atoms with E-state index in [1.807, 2.05) is 12.1 Å². The fourth-order valence-electron chi connectivity index (χ4n) is 4.11. The first-order valence-corrected chi connectivity index (χ1v) is 10.4. The summed E-state index contributed by atoms with van der Waals surface area (Å²) < 4.78 is 21.0. The van der Waals surface area contributed by atoms with Gasteiger partial charge in [0.05, 0.1) is 37.3 Å². The standard InChI is InChI=1S/C22H22FN7O2/c1-13(31)16-7-8-24-21(27-16)18-12-25-19-5-6-20(28-30(18)19)29-9-3-4-17(29)15-10-14(23)11-26-22(15)32-2/h5-8,10-13,17,31H,3-4,9H2,1-2H3/t13-,17?/m1/s1. The average Bonchev–Trinajstić information content (AvgIpc) is 3.46. The van der Waals surface area contributed by atoms with Crippen LogP contribution in [0.4, 0.5) is 10.2 Å². The maximum atomic E-state index is 14.0. The maximum absolute atomic E-state index is 14.0. The number of hydrogen-bond donors (Lipinski definition) is 1. The van der Waals surface area contributed by atoms with Gasteiger partial charge in [-0.3, -0.25) is 0 Å². The van der Waals surface area contributed by atoms with Gasteiger partial charge in [-0.2, -0.15) is 0 Å². The van der Waals surface area contributed by atoms with Crippen LogP contribution in [0.2, 0.25) is 0 Å². The number of aromatic nitrogens is 6. The third-order valence-electron chi connectivity index (χ3n) is 5.63. The van der Waals surface area contributed by atoms with E-state index in [0.717, 1.165) is 31.4 Å². The molecule has 0 bridgehead atoms. The minimum Gasteiger partial charge on any atom is -0.481 e. The van der Waals surface area contributed by atoms with Crippen molar-refractivity contribution in [1.29, 1.82) is 0 Å². The summed E-state index contributed by atoms with van der Waals surface area (Å²) in [6.07, 6.45) is 5.48. The van der Waals surface area contributed by atoms with Gasteiger partial charge in [0.15, 0.2) is 11.5 Å². The number of pyridine rings is 1. The molecule has 1 unspecified atom stereocenters. The molecule has 1 fully saturated rings. The molecule has 10 heteroatoms. The Morgan fingerprint density at radius 1 is 1.19 bits per heavy atom. The monoisotopic (exact) mass is 435 g/mol. The predicted octanol–water partition coefficient (Wildman–Crippen LogP) is 3.12. The zero-order valence-corrected chi connectivity index (χ0v) is 17.7. The number of fused-ring (bicyclic) bond motifs is 1. The van der Waals surface area contributed by atoms with Crippen LogP contribution in [-0.2, 0) is 0 Å². The molecule has 1 aliphatic heterocycles. The van der Waals surface area contributed by atoms with Gasteiger partial charge >= 0.3 is 0 Å². The highest BCUT2D eigenvalue weighted by molar-refractivity contribution is 5.58. The third-order valence-corrected chi connectivity index (χ3v) is 5.63. The predicted molar refractivity (Wildman–Crippen MR) is 115 cm³/mol. The van der Waals surface area contributed by atoms with Crippen LogP contribution in [0.5, 0.6) is 5.88 Å². The van der Waals surface area contributed by atoms with Crippen molar-refractivity contribution in [3.63, 3.8) is 0 Å². The van der Waals surface area contributed by atoms with Crippen LogP contribution in [0.3, 0.4) is 0 Å². The second-order valence-corrected chi connectivity index (χ2v) is 7.69. The van der Waals surface area contributed by atoms with Crippen LogP contribution in [0.15, 0.2) is 42.9 Å². The fraction of sp³-hybridized carbons (Fsp3) is 0.318. The Balaban J connectivity index is 1.56. The molecule has 164 valence electrons. The molecule has 0 saturated carbocycles. The molecule has 0 radical (unpaired) electrons. The van der Waals surface area contributed by atoms with Gasteiger partial charge < -0.3 is 14.7 Å². The van der Waals surface area contributed by atoms with E-state index in [9.17, 15) is 9.50 Å². The summed E-state index contributed by atoms with van der Waals surface area (Å²) in [5.41, 5.74) is 2.48. The van der Waals surface area contributed by atoms with Gasteiger partial charge in [0, 0.05) is 18.3 Å². The van der Waals surface area contributed by atoms with Crippen molar-refractivity contribution in [1.82, 2.24) is 29.5 Å². The Morgan fingerprint density at radius 2 is 2.06 bits per heavy atom. The van der Waals surface area contributed by atoms with Crippen LogP contribution < -0.4 is 9.64 Å². The molecule has 0 spiro atoms. The fourth-order valence-corrected chi connectivity index (χ4v) is 4.11. The first-order chi connectivity index (χ1) is 15.5. The van der Waals surface area contributed by atoms with Crippen molar-refractivity contribution in [2.24, 2.45) is 0 Å².